The third kappa shape index (κ3) is 5.29. The lowest BCUT2D eigenvalue weighted by Crippen LogP contribution is -2.40. The van der Waals surface area contributed by atoms with E-state index in [1.807, 2.05) is 0 Å². The molecule has 0 radical (unpaired) electrons. The monoisotopic (exact) mass is 425 g/mol. The third-order valence-electron chi connectivity index (χ3n) is 3.73. The topological polar surface area (TPSA) is 91.4 Å². The summed E-state index contributed by atoms with van der Waals surface area (Å²) in [5.74, 6) is -0.182. The highest BCUT2D eigenvalue weighted by molar-refractivity contribution is 7.87. The molecule has 1 aliphatic heterocycles. The van der Waals surface area contributed by atoms with Gasteiger partial charge in [-0.05, 0) is 24.1 Å². The van der Waals surface area contributed by atoms with Gasteiger partial charge in [0.05, 0.1) is 26.9 Å². The average molecular weight is 425 g/mol. The minimum absolute atomic E-state index is 0.0999. The number of carbonyl (C=O) groups is 1. The van der Waals surface area contributed by atoms with E-state index in [1.165, 1.54) is 7.11 Å². The molecule has 0 unspecified atom stereocenters. The molecule has 0 bridgehead atoms. The highest BCUT2D eigenvalue weighted by Crippen LogP contribution is 2.30. The van der Waals surface area contributed by atoms with Crippen LogP contribution in [0.4, 0.5) is 18.0 Å². The zero-order valence-corrected chi connectivity index (χ0v) is 15.7. The Morgan fingerprint density at radius 3 is 2.39 bits per heavy atom. The maximum absolute atomic E-state index is 12.6. The second kappa shape index (κ2) is 8.69. The minimum atomic E-state index is -5.96. The average Bonchev–Trinajstić information content (AvgIpc) is 2.65. The summed E-state index contributed by atoms with van der Waals surface area (Å²) >= 11 is 0. The summed E-state index contributed by atoms with van der Waals surface area (Å²) in [5.41, 5.74) is -4.89. The molecule has 156 valence electrons. The number of rotatable bonds is 6. The molecular weight excluding hydrogens is 407 g/mol. The van der Waals surface area contributed by atoms with Gasteiger partial charge in [0, 0.05) is 12.6 Å². The van der Waals surface area contributed by atoms with Gasteiger partial charge in [-0.25, -0.2) is 9.69 Å². The van der Waals surface area contributed by atoms with Gasteiger partial charge in [-0.2, -0.15) is 21.6 Å². The van der Waals surface area contributed by atoms with Crippen LogP contribution >= 0.6 is 0 Å². The van der Waals surface area contributed by atoms with Crippen LogP contribution in [0.1, 0.15) is 12.0 Å². The van der Waals surface area contributed by atoms with Gasteiger partial charge < -0.3 is 18.4 Å². The van der Waals surface area contributed by atoms with Crippen molar-refractivity contribution in [2.75, 3.05) is 20.8 Å². The van der Waals surface area contributed by atoms with Gasteiger partial charge in [0.15, 0.2) is 0 Å². The summed E-state index contributed by atoms with van der Waals surface area (Å²) in [5, 5.41) is 0. The molecule has 1 atom stereocenters. The second-order valence-corrected chi connectivity index (χ2v) is 7.13. The predicted molar refractivity (Wildman–Crippen MR) is 89.4 cm³/mol. The molecule has 1 aromatic rings. The summed E-state index contributed by atoms with van der Waals surface area (Å²) in [4.78, 5) is 12.4. The summed E-state index contributed by atoms with van der Waals surface area (Å²) in [7, 11) is -3.44. The van der Waals surface area contributed by atoms with E-state index in [0.29, 0.717) is 10.6 Å². The molecule has 0 spiro atoms. The molecule has 0 fully saturated rings. The van der Waals surface area contributed by atoms with Gasteiger partial charge in [0.1, 0.15) is 5.75 Å². The summed E-state index contributed by atoms with van der Waals surface area (Å²) in [6.07, 6.45) is -0.643. The van der Waals surface area contributed by atoms with Crippen LogP contribution in [0.25, 0.3) is 0 Å². The smallest absolute Gasteiger partial charge is 0.497 e. The molecule has 1 heterocycles. The molecule has 8 nitrogen and oxygen atoms in total. The zero-order valence-electron chi connectivity index (χ0n) is 14.9. The Labute approximate surface area is 159 Å². The highest BCUT2D eigenvalue weighted by Gasteiger charge is 2.50. The number of alkyl halides is 3. The minimum Gasteiger partial charge on any atom is -0.497 e. The van der Waals surface area contributed by atoms with Gasteiger partial charge in [-0.3, -0.25) is 0 Å². The Hall–Kier alpha value is -2.47. The Balaban J connectivity index is 2.16. The van der Waals surface area contributed by atoms with Crippen LogP contribution in [0.5, 0.6) is 5.75 Å². The second-order valence-electron chi connectivity index (χ2n) is 5.60. The maximum atomic E-state index is 12.6. The van der Waals surface area contributed by atoms with Crippen LogP contribution in [0.2, 0.25) is 0 Å². The number of methoxy groups -OCH3 is 2. The molecule has 0 aliphatic carbocycles. The SMILES string of the molecule is COC(=O)N1CC[C@@H](OCc2ccc(OC)cc2)C=C1OS(=O)(=O)C(F)(F)F. The van der Waals surface area contributed by atoms with Crippen LogP contribution in [-0.2, 0) is 30.4 Å². The number of carbonyl (C=O) groups excluding carboxylic acids is 1. The number of halogens is 3. The first-order chi connectivity index (χ1) is 13.1. The van der Waals surface area contributed by atoms with Crippen molar-refractivity contribution < 1.29 is 44.8 Å². The van der Waals surface area contributed by atoms with E-state index in [-0.39, 0.29) is 19.6 Å². The fourth-order valence-electron chi connectivity index (χ4n) is 2.28. The number of benzene rings is 1. The third-order valence-corrected chi connectivity index (χ3v) is 4.69. The van der Waals surface area contributed by atoms with Gasteiger partial charge in [0.25, 0.3) is 0 Å². The molecule has 1 amide bonds. The van der Waals surface area contributed by atoms with Crippen LogP contribution in [0.15, 0.2) is 36.2 Å². The number of hydrogen-bond donors (Lipinski definition) is 0. The number of amides is 1. The Bertz CT molecular complexity index is 822. The van der Waals surface area contributed by atoms with Crippen molar-refractivity contribution >= 4 is 16.2 Å². The van der Waals surface area contributed by atoms with Crippen LogP contribution in [0.3, 0.4) is 0 Å². The fraction of sp³-hybridized carbons (Fsp3) is 0.438. The first-order valence-corrected chi connectivity index (χ1v) is 9.31. The predicted octanol–water partition coefficient (Wildman–Crippen LogP) is 2.76. The fourth-order valence-corrected chi connectivity index (χ4v) is 2.74. The van der Waals surface area contributed by atoms with Crippen LogP contribution in [0, 0.1) is 0 Å². The Morgan fingerprint density at radius 2 is 1.86 bits per heavy atom. The standard InChI is InChI=1S/C16H18F3NO7S/c1-24-12-5-3-11(4-6-12)10-26-13-7-8-20(15(21)25-2)14(9-13)27-28(22,23)16(17,18)19/h3-6,9,13H,7-8,10H2,1-2H3/t13-/m1/s1. The first kappa shape index (κ1) is 21.8. The lowest BCUT2D eigenvalue weighted by Gasteiger charge is -2.30. The lowest BCUT2D eigenvalue weighted by atomic mass is 10.1. The molecule has 1 aliphatic rings. The van der Waals surface area contributed by atoms with E-state index < -0.39 is 33.7 Å². The number of nitrogens with zero attached hydrogens (tertiary/aromatic N) is 1. The molecule has 0 aromatic heterocycles. The van der Waals surface area contributed by atoms with Crippen LogP contribution in [-0.4, -0.2) is 51.8 Å². The largest absolute Gasteiger partial charge is 0.534 e. The molecule has 28 heavy (non-hydrogen) atoms. The van der Waals surface area contributed by atoms with Gasteiger partial charge in [-0.15, -0.1) is 0 Å². The summed E-state index contributed by atoms with van der Waals surface area (Å²) in [6.45, 7) is -0.0537. The molecule has 0 saturated carbocycles. The normalized spacial score (nSPS) is 17.7. The number of hydrogen-bond acceptors (Lipinski definition) is 7. The summed E-state index contributed by atoms with van der Waals surface area (Å²) in [6, 6.07) is 6.88. The van der Waals surface area contributed by atoms with Gasteiger partial charge >= 0.3 is 21.7 Å². The van der Waals surface area contributed by atoms with E-state index in [1.54, 1.807) is 24.3 Å². The summed E-state index contributed by atoms with van der Waals surface area (Å²) < 4.78 is 79.6. The van der Waals surface area contributed by atoms with Crippen molar-refractivity contribution in [1.82, 2.24) is 4.90 Å². The van der Waals surface area contributed by atoms with E-state index in [0.717, 1.165) is 18.7 Å². The molecule has 1 aromatic carbocycles. The van der Waals surface area contributed by atoms with Crippen molar-refractivity contribution in [2.45, 2.75) is 24.6 Å². The van der Waals surface area contributed by atoms with Crippen molar-refractivity contribution in [1.29, 1.82) is 0 Å². The molecule has 0 N–H and O–H groups in total. The molecular formula is C16H18F3NO7S. The quantitative estimate of drug-likeness (QED) is 0.511. The maximum Gasteiger partial charge on any atom is 0.534 e. The number of ether oxygens (including phenoxy) is 3. The lowest BCUT2D eigenvalue weighted by molar-refractivity contribution is -0.0544. The Morgan fingerprint density at radius 1 is 1.21 bits per heavy atom. The van der Waals surface area contributed by atoms with Crippen molar-refractivity contribution in [3.8, 4) is 5.75 Å². The Kier molecular flexibility index (Phi) is 6.77. The van der Waals surface area contributed by atoms with E-state index in [4.69, 9.17) is 9.47 Å². The van der Waals surface area contributed by atoms with Gasteiger partial charge in [0.2, 0.25) is 5.88 Å². The first-order valence-electron chi connectivity index (χ1n) is 7.90. The van der Waals surface area contributed by atoms with Gasteiger partial charge in [-0.1, -0.05) is 12.1 Å². The van der Waals surface area contributed by atoms with E-state index in [9.17, 15) is 26.4 Å². The van der Waals surface area contributed by atoms with Crippen LogP contribution < -0.4 is 4.74 Å². The molecule has 0 saturated heterocycles. The van der Waals surface area contributed by atoms with E-state index >= 15 is 0 Å². The van der Waals surface area contributed by atoms with Crippen molar-refractivity contribution in [2.24, 2.45) is 0 Å². The molecule has 12 heteroatoms. The zero-order chi connectivity index (χ0) is 20.9. The van der Waals surface area contributed by atoms with E-state index in [2.05, 4.69) is 8.92 Å². The molecule has 2 rings (SSSR count). The van der Waals surface area contributed by atoms with Crippen molar-refractivity contribution in [3.63, 3.8) is 0 Å². The highest BCUT2D eigenvalue weighted by atomic mass is 32.2. The van der Waals surface area contributed by atoms with Crippen molar-refractivity contribution in [3.05, 3.63) is 41.8 Å².